The lowest BCUT2D eigenvalue weighted by Crippen LogP contribution is -2.14. The molecule has 19 heavy (non-hydrogen) atoms. The summed E-state index contributed by atoms with van der Waals surface area (Å²) in [5.41, 5.74) is 6.10. The number of nitrogen functional groups attached to an aromatic ring is 1. The SMILES string of the molecule is Nc1cc(Cl)ccc1C(=O)Nc1cc(Cl)ccc1F. The molecule has 0 aromatic heterocycles. The number of nitrogens with two attached hydrogens (primary N) is 1. The second-order valence-electron chi connectivity index (χ2n) is 3.81. The predicted molar refractivity (Wildman–Crippen MR) is 75.2 cm³/mol. The van der Waals surface area contributed by atoms with E-state index < -0.39 is 11.7 Å². The highest BCUT2D eigenvalue weighted by molar-refractivity contribution is 6.31. The van der Waals surface area contributed by atoms with Crippen LogP contribution in [0.25, 0.3) is 0 Å². The normalized spacial score (nSPS) is 10.3. The molecule has 0 radical (unpaired) electrons. The predicted octanol–water partition coefficient (Wildman–Crippen LogP) is 3.97. The first-order valence-electron chi connectivity index (χ1n) is 5.29. The van der Waals surface area contributed by atoms with Crippen LogP contribution < -0.4 is 11.1 Å². The number of hydrogen-bond donors (Lipinski definition) is 2. The van der Waals surface area contributed by atoms with E-state index in [1.54, 1.807) is 0 Å². The molecule has 0 unspecified atom stereocenters. The average molecular weight is 299 g/mol. The van der Waals surface area contributed by atoms with Crippen molar-refractivity contribution >= 4 is 40.5 Å². The molecule has 0 aliphatic heterocycles. The summed E-state index contributed by atoms with van der Waals surface area (Å²) in [6.07, 6.45) is 0. The van der Waals surface area contributed by atoms with Crippen molar-refractivity contribution in [2.24, 2.45) is 0 Å². The molecule has 0 bridgehead atoms. The Balaban J connectivity index is 2.28. The molecule has 2 aromatic rings. The fourth-order valence-corrected chi connectivity index (χ4v) is 1.88. The highest BCUT2D eigenvalue weighted by Crippen LogP contribution is 2.22. The van der Waals surface area contributed by atoms with Gasteiger partial charge in [0.25, 0.3) is 5.91 Å². The summed E-state index contributed by atoms with van der Waals surface area (Å²) in [7, 11) is 0. The van der Waals surface area contributed by atoms with Gasteiger partial charge in [-0.3, -0.25) is 4.79 Å². The minimum absolute atomic E-state index is 0.00755. The van der Waals surface area contributed by atoms with Gasteiger partial charge in [0.15, 0.2) is 0 Å². The molecule has 0 fully saturated rings. The molecule has 3 nitrogen and oxygen atoms in total. The molecule has 1 amide bonds. The third kappa shape index (κ3) is 3.16. The number of benzene rings is 2. The Hall–Kier alpha value is -1.78. The summed E-state index contributed by atoms with van der Waals surface area (Å²) in [5, 5.41) is 3.15. The van der Waals surface area contributed by atoms with Crippen LogP contribution in [0.1, 0.15) is 10.4 Å². The van der Waals surface area contributed by atoms with Crippen molar-refractivity contribution < 1.29 is 9.18 Å². The number of carbonyl (C=O) groups is 1. The second-order valence-corrected chi connectivity index (χ2v) is 4.68. The summed E-state index contributed by atoms with van der Waals surface area (Å²) < 4.78 is 13.5. The van der Waals surface area contributed by atoms with Crippen LogP contribution in [-0.4, -0.2) is 5.91 Å². The molecule has 6 heteroatoms. The van der Waals surface area contributed by atoms with Gasteiger partial charge < -0.3 is 11.1 Å². The van der Waals surface area contributed by atoms with Crippen LogP contribution in [0.5, 0.6) is 0 Å². The van der Waals surface area contributed by atoms with Crippen molar-refractivity contribution in [1.82, 2.24) is 0 Å². The Labute approximate surface area is 119 Å². The zero-order valence-electron chi connectivity index (χ0n) is 9.58. The first-order chi connectivity index (χ1) is 8.97. The molecule has 98 valence electrons. The number of hydrogen-bond acceptors (Lipinski definition) is 2. The van der Waals surface area contributed by atoms with E-state index in [1.807, 2.05) is 0 Å². The van der Waals surface area contributed by atoms with E-state index in [-0.39, 0.29) is 16.9 Å². The Morgan fingerprint density at radius 3 is 2.42 bits per heavy atom. The Morgan fingerprint density at radius 1 is 1.11 bits per heavy atom. The maximum atomic E-state index is 13.5. The molecule has 0 aliphatic carbocycles. The maximum absolute atomic E-state index is 13.5. The third-order valence-corrected chi connectivity index (χ3v) is 2.91. The number of amides is 1. The maximum Gasteiger partial charge on any atom is 0.257 e. The lowest BCUT2D eigenvalue weighted by molar-refractivity contribution is 0.102. The van der Waals surface area contributed by atoms with Gasteiger partial charge in [0.05, 0.1) is 11.3 Å². The van der Waals surface area contributed by atoms with E-state index in [9.17, 15) is 9.18 Å². The van der Waals surface area contributed by atoms with Gasteiger partial charge >= 0.3 is 0 Å². The van der Waals surface area contributed by atoms with Gasteiger partial charge in [0.1, 0.15) is 5.82 Å². The monoisotopic (exact) mass is 298 g/mol. The largest absolute Gasteiger partial charge is 0.398 e. The standard InChI is InChI=1S/C13H9Cl2FN2O/c14-7-1-3-9(11(17)5-7)13(19)18-12-6-8(15)2-4-10(12)16/h1-6H,17H2,(H,18,19). The van der Waals surface area contributed by atoms with Crippen molar-refractivity contribution in [3.05, 3.63) is 57.8 Å². The molecule has 2 rings (SSSR count). The van der Waals surface area contributed by atoms with Gasteiger partial charge in [-0.25, -0.2) is 4.39 Å². The quantitative estimate of drug-likeness (QED) is 0.824. The number of anilines is 2. The Morgan fingerprint density at radius 2 is 1.74 bits per heavy atom. The number of carbonyl (C=O) groups excluding carboxylic acids is 1. The van der Waals surface area contributed by atoms with Crippen molar-refractivity contribution in [1.29, 1.82) is 0 Å². The van der Waals surface area contributed by atoms with E-state index in [0.717, 1.165) is 0 Å². The summed E-state index contributed by atoms with van der Waals surface area (Å²) in [6, 6.07) is 8.33. The fraction of sp³-hybridized carbons (Fsp3) is 0. The number of nitrogens with one attached hydrogen (secondary N) is 1. The molecule has 3 N–H and O–H groups in total. The minimum Gasteiger partial charge on any atom is -0.398 e. The Bertz CT molecular complexity index is 647. The van der Waals surface area contributed by atoms with Crippen molar-refractivity contribution in [2.75, 3.05) is 11.1 Å². The average Bonchev–Trinajstić information content (AvgIpc) is 2.33. The Kier molecular flexibility index (Phi) is 3.93. The third-order valence-electron chi connectivity index (χ3n) is 2.43. The first kappa shape index (κ1) is 13.6. The number of halogens is 3. The molecular formula is C13H9Cl2FN2O. The van der Waals surface area contributed by atoms with Crippen molar-refractivity contribution in [3.63, 3.8) is 0 Å². The lowest BCUT2D eigenvalue weighted by atomic mass is 10.1. The van der Waals surface area contributed by atoms with E-state index in [4.69, 9.17) is 28.9 Å². The van der Waals surface area contributed by atoms with E-state index >= 15 is 0 Å². The van der Waals surface area contributed by atoms with Crippen molar-refractivity contribution in [3.8, 4) is 0 Å². The fourth-order valence-electron chi connectivity index (χ4n) is 1.52. The van der Waals surface area contributed by atoms with Gasteiger partial charge in [-0.1, -0.05) is 23.2 Å². The van der Waals surface area contributed by atoms with Gasteiger partial charge in [0, 0.05) is 15.7 Å². The van der Waals surface area contributed by atoms with E-state index in [1.165, 1.54) is 36.4 Å². The van der Waals surface area contributed by atoms with Crippen LogP contribution in [0.15, 0.2) is 36.4 Å². The molecule has 0 saturated carbocycles. The van der Waals surface area contributed by atoms with Gasteiger partial charge in [-0.05, 0) is 36.4 Å². The van der Waals surface area contributed by atoms with Gasteiger partial charge in [-0.15, -0.1) is 0 Å². The smallest absolute Gasteiger partial charge is 0.257 e. The van der Waals surface area contributed by atoms with Crippen molar-refractivity contribution in [2.45, 2.75) is 0 Å². The van der Waals surface area contributed by atoms with Crippen LogP contribution in [-0.2, 0) is 0 Å². The van der Waals surface area contributed by atoms with Crippen LogP contribution in [0.2, 0.25) is 10.0 Å². The minimum atomic E-state index is -0.578. The topological polar surface area (TPSA) is 55.1 Å². The molecular weight excluding hydrogens is 290 g/mol. The summed E-state index contributed by atoms with van der Waals surface area (Å²) in [6.45, 7) is 0. The zero-order chi connectivity index (χ0) is 14.0. The van der Waals surface area contributed by atoms with Gasteiger partial charge in [-0.2, -0.15) is 0 Å². The molecule has 0 spiro atoms. The zero-order valence-corrected chi connectivity index (χ0v) is 11.1. The van der Waals surface area contributed by atoms with Crippen LogP contribution in [0.4, 0.5) is 15.8 Å². The summed E-state index contributed by atoms with van der Waals surface area (Å²) >= 11 is 11.5. The van der Waals surface area contributed by atoms with Crippen LogP contribution >= 0.6 is 23.2 Å². The molecule has 0 saturated heterocycles. The second kappa shape index (κ2) is 5.47. The molecule has 2 aromatic carbocycles. The van der Waals surface area contributed by atoms with Crippen LogP contribution in [0, 0.1) is 5.82 Å². The van der Waals surface area contributed by atoms with E-state index in [0.29, 0.717) is 10.0 Å². The highest BCUT2D eigenvalue weighted by atomic mass is 35.5. The van der Waals surface area contributed by atoms with E-state index in [2.05, 4.69) is 5.32 Å². The molecule has 0 heterocycles. The summed E-state index contributed by atoms with van der Waals surface area (Å²) in [4.78, 5) is 12.0. The molecule has 0 aliphatic rings. The lowest BCUT2D eigenvalue weighted by Gasteiger charge is -2.09. The first-order valence-corrected chi connectivity index (χ1v) is 6.04. The number of rotatable bonds is 2. The van der Waals surface area contributed by atoms with Gasteiger partial charge in [0.2, 0.25) is 0 Å². The molecule has 0 atom stereocenters. The highest BCUT2D eigenvalue weighted by Gasteiger charge is 2.12. The van der Waals surface area contributed by atoms with Crippen LogP contribution in [0.3, 0.4) is 0 Å². The summed E-state index contributed by atoms with van der Waals surface area (Å²) in [5.74, 6) is -1.11.